The normalized spacial score (nSPS) is 10.8. The SMILES string of the molecule is Cc1ccc(C(=O)Nc2ccc3nc(SCC(=O)Nc4ccccc4F)sc3c2)cc1. The highest BCUT2D eigenvalue weighted by molar-refractivity contribution is 8.01. The molecule has 4 aromatic rings. The van der Waals surface area contributed by atoms with Crippen LogP contribution in [-0.2, 0) is 4.79 Å². The fourth-order valence-electron chi connectivity index (χ4n) is 2.83. The predicted molar refractivity (Wildman–Crippen MR) is 125 cm³/mol. The Morgan fingerprint density at radius 1 is 1.03 bits per heavy atom. The lowest BCUT2D eigenvalue weighted by molar-refractivity contribution is -0.113. The molecule has 4 rings (SSSR count). The molecule has 8 heteroatoms. The number of rotatable bonds is 6. The molecule has 0 saturated carbocycles. The summed E-state index contributed by atoms with van der Waals surface area (Å²) in [5.41, 5.74) is 3.31. The van der Waals surface area contributed by atoms with Crippen molar-refractivity contribution in [1.82, 2.24) is 4.98 Å². The van der Waals surface area contributed by atoms with Gasteiger partial charge in [0.2, 0.25) is 5.91 Å². The maximum atomic E-state index is 13.6. The third-order valence-electron chi connectivity index (χ3n) is 4.42. The van der Waals surface area contributed by atoms with Crippen molar-refractivity contribution < 1.29 is 14.0 Å². The van der Waals surface area contributed by atoms with Crippen LogP contribution >= 0.6 is 23.1 Å². The van der Waals surface area contributed by atoms with Crippen LogP contribution in [0.25, 0.3) is 10.2 Å². The molecule has 0 radical (unpaired) electrons. The monoisotopic (exact) mass is 451 g/mol. The van der Waals surface area contributed by atoms with Gasteiger partial charge in [0.25, 0.3) is 5.91 Å². The Morgan fingerprint density at radius 3 is 2.58 bits per heavy atom. The van der Waals surface area contributed by atoms with Crippen LogP contribution in [-0.4, -0.2) is 22.6 Å². The number of hydrogen-bond donors (Lipinski definition) is 2. The second-order valence-corrected chi connectivity index (χ2v) is 9.05. The van der Waals surface area contributed by atoms with Crippen molar-refractivity contribution in [2.75, 3.05) is 16.4 Å². The number of nitrogens with zero attached hydrogens (tertiary/aromatic N) is 1. The van der Waals surface area contributed by atoms with Crippen LogP contribution in [0.3, 0.4) is 0 Å². The second kappa shape index (κ2) is 9.28. The Bertz CT molecular complexity index is 1260. The van der Waals surface area contributed by atoms with E-state index in [1.165, 1.54) is 35.2 Å². The number of benzene rings is 3. The Labute approximate surface area is 186 Å². The molecule has 0 unspecified atom stereocenters. The van der Waals surface area contributed by atoms with Gasteiger partial charge in [-0.05, 0) is 49.4 Å². The van der Waals surface area contributed by atoms with Gasteiger partial charge in [0.05, 0.1) is 21.7 Å². The fourth-order valence-corrected chi connectivity index (χ4v) is 4.74. The number of aromatic nitrogens is 1. The minimum atomic E-state index is -0.471. The number of thiazole rings is 1. The first-order valence-corrected chi connectivity index (χ1v) is 11.2. The second-order valence-electron chi connectivity index (χ2n) is 6.80. The van der Waals surface area contributed by atoms with Crippen LogP contribution in [0.15, 0.2) is 71.1 Å². The molecule has 0 spiro atoms. The highest BCUT2D eigenvalue weighted by Crippen LogP contribution is 2.31. The van der Waals surface area contributed by atoms with E-state index in [9.17, 15) is 14.0 Å². The summed E-state index contributed by atoms with van der Waals surface area (Å²) in [7, 11) is 0. The average Bonchev–Trinajstić information content (AvgIpc) is 3.16. The smallest absolute Gasteiger partial charge is 0.255 e. The van der Waals surface area contributed by atoms with E-state index in [-0.39, 0.29) is 23.3 Å². The number of carbonyl (C=O) groups excluding carboxylic acids is 2. The van der Waals surface area contributed by atoms with Gasteiger partial charge in [-0.1, -0.05) is 41.6 Å². The Morgan fingerprint density at radius 2 is 1.81 bits per heavy atom. The minimum Gasteiger partial charge on any atom is -0.323 e. The molecule has 2 N–H and O–H groups in total. The van der Waals surface area contributed by atoms with Crippen molar-refractivity contribution in [2.24, 2.45) is 0 Å². The molecule has 0 atom stereocenters. The van der Waals surface area contributed by atoms with Crippen LogP contribution in [0.5, 0.6) is 0 Å². The number of thioether (sulfide) groups is 1. The molecular weight excluding hydrogens is 433 g/mol. The van der Waals surface area contributed by atoms with Crippen molar-refractivity contribution in [3.63, 3.8) is 0 Å². The molecule has 156 valence electrons. The van der Waals surface area contributed by atoms with Gasteiger partial charge in [-0.25, -0.2) is 9.37 Å². The predicted octanol–water partition coefficient (Wildman–Crippen LogP) is 5.73. The molecule has 5 nitrogen and oxygen atoms in total. The molecule has 1 aromatic heterocycles. The van der Waals surface area contributed by atoms with E-state index in [4.69, 9.17) is 0 Å². The standard InChI is InChI=1S/C23H18FN3O2S2/c1-14-6-8-15(9-7-14)22(29)25-16-10-11-19-20(12-16)31-23(27-19)30-13-21(28)26-18-5-3-2-4-17(18)24/h2-12H,13H2,1H3,(H,25,29)(H,26,28). The van der Waals surface area contributed by atoms with Gasteiger partial charge in [0, 0.05) is 11.3 Å². The lowest BCUT2D eigenvalue weighted by Crippen LogP contribution is -2.14. The Kier molecular flexibility index (Phi) is 6.29. The summed E-state index contributed by atoms with van der Waals surface area (Å²) in [5.74, 6) is -0.838. The molecule has 2 amide bonds. The summed E-state index contributed by atoms with van der Waals surface area (Å²) >= 11 is 2.72. The number of anilines is 2. The summed E-state index contributed by atoms with van der Waals surface area (Å²) < 4.78 is 15.3. The summed E-state index contributed by atoms with van der Waals surface area (Å²) in [5, 5.41) is 5.45. The molecule has 0 aliphatic heterocycles. The molecule has 0 aliphatic rings. The number of para-hydroxylation sites is 1. The van der Waals surface area contributed by atoms with Crippen molar-refractivity contribution in [3.8, 4) is 0 Å². The lowest BCUT2D eigenvalue weighted by atomic mass is 10.1. The zero-order valence-electron chi connectivity index (χ0n) is 16.5. The van der Waals surface area contributed by atoms with Crippen LogP contribution < -0.4 is 10.6 Å². The number of halogens is 1. The fraction of sp³-hybridized carbons (Fsp3) is 0.0870. The molecule has 0 aliphatic carbocycles. The van der Waals surface area contributed by atoms with Crippen LogP contribution in [0.4, 0.5) is 15.8 Å². The van der Waals surface area contributed by atoms with Gasteiger partial charge in [-0.3, -0.25) is 9.59 Å². The third kappa shape index (κ3) is 5.28. The first-order valence-electron chi connectivity index (χ1n) is 9.44. The molecular formula is C23H18FN3O2S2. The number of carbonyl (C=O) groups is 2. The third-order valence-corrected chi connectivity index (χ3v) is 6.58. The summed E-state index contributed by atoms with van der Waals surface area (Å²) in [4.78, 5) is 29.0. The van der Waals surface area contributed by atoms with E-state index in [0.29, 0.717) is 11.3 Å². The van der Waals surface area contributed by atoms with Gasteiger partial charge in [-0.15, -0.1) is 11.3 Å². The van der Waals surface area contributed by atoms with Gasteiger partial charge >= 0.3 is 0 Å². The molecule has 0 saturated heterocycles. The number of hydrogen-bond acceptors (Lipinski definition) is 5. The number of fused-ring (bicyclic) bond motifs is 1. The zero-order valence-corrected chi connectivity index (χ0v) is 18.1. The largest absolute Gasteiger partial charge is 0.323 e. The lowest BCUT2D eigenvalue weighted by Gasteiger charge is -2.05. The number of aryl methyl sites for hydroxylation is 1. The molecule has 0 fully saturated rings. The van der Waals surface area contributed by atoms with Gasteiger partial charge in [-0.2, -0.15) is 0 Å². The molecule has 3 aromatic carbocycles. The van der Waals surface area contributed by atoms with Gasteiger partial charge in [0.1, 0.15) is 5.82 Å². The van der Waals surface area contributed by atoms with Crippen LogP contribution in [0, 0.1) is 12.7 Å². The maximum Gasteiger partial charge on any atom is 0.255 e. The van der Waals surface area contributed by atoms with E-state index in [1.807, 2.05) is 31.2 Å². The Hall–Kier alpha value is -3.23. The number of amides is 2. The first-order chi connectivity index (χ1) is 15.0. The zero-order chi connectivity index (χ0) is 21.8. The van der Waals surface area contributed by atoms with Crippen molar-refractivity contribution in [2.45, 2.75) is 11.3 Å². The average molecular weight is 452 g/mol. The summed E-state index contributed by atoms with van der Waals surface area (Å²) in [6.07, 6.45) is 0. The van der Waals surface area contributed by atoms with Crippen molar-refractivity contribution >= 4 is 56.5 Å². The summed E-state index contributed by atoms with van der Waals surface area (Å²) in [6.45, 7) is 1.97. The molecule has 1 heterocycles. The van der Waals surface area contributed by atoms with E-state index in [1.54, 1.807) is 30.3 Å². The highest BCUT2D eigenvalue weighted by atomic mass is 32.2. The van der Waals surface area contributed by atoms with Gasteiger partial charge in [0.15, 0.2) is 4.34 Å². The van der Waals surface area contributed by atoms with E-state index >= 15 is 0 Å². The van der Waals surface area contributed by atoms with Crippen LogP contribution in [0.2, 0.25) is 0 Å². The van der Waals surface area contributed by atoms with Gasteiger partial charge < -0.3 is 10.6 Å². The van der Waals surface area contributed by atoms with Crippen LogP contribution in [0.1, 0.15) is 15.9 Å². The Balaban J connectivity index is 1.39. The first kappa shape index (κ1) is 21.0. The minimum absolute atomic E-state index is 0.116. The highest BCUT2D eigenvalue weighted by Gasteiger charge is 2.11. The molecule has 31 heavy (non-hydrogen) atoms. The van der Waals surface area contributed by atoms with Crippen molar-refractivity contribution in [1.29, 1.82) is 0 Å². The number of nitrogens with one attached hydrogen (secondary N) is 2. The molecule has 0 bridgehead atoms. The topological polar surface area (TPSA) is 71.1 Å². The van der Waals surface area contributed by atoms with E-state index in [2.05, 4.69) is 15.6 Å². The summed E-state index contributed by atoms with van der Waals surface area (Å²) in [6, 6.07) is 18.9. The van der Waals surface area contributed by atoms with E-state index in [0.717, 1.165) is 20.1 Å². The van der Waals surface area contributed by atoms with E-state index < -0.39 is 5.82 Å². The maximum absolute atomic E-state index is 13.6. The van der Waals surface area contributed by atoms with Crippen molar-refractivity contribution in [3.05, 3.63) is 83.7 Å². The quantitative estimate of drug-likeness (QED) is 0.368.